The van der Waals surface area contributed by atoms with Gasteiger partial charge >= 0.3 is 6.03 Å². The van der Waals surface area contributed by atoms with E-state index in [0.717, 1.165) is 53.7 Å². The summed E-state index contributed by atoms with van der Waals surface area (Å²) in [6.45, 7) is 7.17. The summed E-state index contributed by atoms with van der Waals surface area (Å²) in [6, 6.07) is 18.6. The van der Waals surface area contributed by atoms with E-state index < -0.39 is 0 Å². The highest BCUT2D eigenvalue weighted by Crippen LogP contribution is 2.35. The summed E-state index contributed by atoms with van der Waals surface area (Å²) in [6.07, 6.45) is 4.19. The molecule has 4 rings (SSSR count). The Morgan fingerprint density at radius 1 is 1.00 bits per heavy atom. The second-order valence-corrected chi connectivity index (χ2v) is 11.0. The predicted molar refractivity (Wildman–Crippen MR) is 148 cm³/mol. The van der Waals surface area contributed by atoms with Crippen molar-refractivity contribution in [3.05, 3.63) is 60.2 Å². The molecule has 3 N–H and O–H groups in total. The van der Waals surface area contributed by atoms with Gasteiger partial charge in [0.25, 0.3) is 0 Å². The third-order valence-electron chi connectivity index (χ3n) is 7.08. The van der Waals surface area contributed by atoms with E-state index in [9.17, 15) is 4.79 Å². The second kappa shape index (κ2) is 10.1. The van der Waals surface area contributed by atoms with Crippen molar-refractivity contribution in [3.63, 3.8) is 0 Å². The van der Waals surface area contributed by atoms with Crippen LogP contribution >= 0.6 is 0 Å². The number of amides is 2. The van der Waals surface area contributed by atoms with Gasteiger partial charge in [0, 0.05) is 49.5 Å². The van der Waals surface area contributed by atoms with Gasteiger partial charge in [-0.25, -0.2) is 9.78 Å². The van der Waals surface area contributed by atoms with Crippen LogP contribution in [0.1, 0.15) is 52.0 Å². The first kappa shape index (κ1) is 24.8. The minimum absolute atomic E-state index is 0.0653. The number of hydrogen-bond donors (Lipinski definition) is 2. The highest BCUT2D eigenvalue weighted by molar-refractivity contribution is 5.93. The van der Waals surface area contributed by atoms with Gasteiger partial charge in [0.1, 0.15) is 5.82 Å². The average Bonchev–Trinajstić information content (AvgIpc) is 2.82. The lowest BCUT2D eigenvalue weighted by Gasteiger charge is -2.35. The Kier molecular flexibility index (Phi) is 7.20. The Balaban J connectivity index is 1.43. The molecule has 0 unspecified atom stereocenters. The fourth-order valence-electron chi connectivity index (χ4n) is 5.21. The second-order valence-electron chi connectivity index (χ2n) is 11.0. The Hall–Kier alpha value is -3.28. The summed E-state index contributed by atoms with van der Waals surface area (Å²) in [5.74, 6) is 1.35. The number of primary amides is 1. The Morgan fingerprint density at radius 3 is 2.31 bits per heavy atom. The molecule has 1 aromatic heterocycles. The van der Waals surface area contributed by atoms with Gasteiger partial charge in [-0.3, -0.25) is 4.90 Å². The monoisotopic (exact) mass is 473 g/mol. The number of anilines is 3. The van der Waals surface area contributed by atoms with Crippen molar-refractivity contribution in [2.45, 2.75) is 57.9 Å². The number of nitrogens with two attached hydrogens (primary N) is 1. The summed E-state index contributed by atoms with van der Waals surface area (Å²) >= 11 is 0. The first-order valence-electron chi connectivity index (χ1n) is 12.6. The standard InChI is InChI=1S/C29H39N5O/c1-29(2,3)23-11-7-9-13-25(23)34(28(30)35)19-20-14-16-21(17-15-20)31-27-18-26(33(4)5)22-10-6-8-12-24(22)32-27/h6-13,18,20-21H,14-17,19H2,1-5H3,(H2,30,35)(H,31,32). The molecule has 1 saturated carbocycles. The van der Waals surface area contributed by atoms with Gasteiger partial charge < -0.3 is 16.0 Å². The zero-order chi connectivity index (χ0) is 25.2. The van der Waals surface area contributed by atoms with Gasteiger partial charge in [-0.1, -0.05) is 57.2 Å². The average molecular weight is 474 g/mol. The smallest absolute Gasteiger partial charge is 0.319 e. The SMILES string of the molecule is CN(C)c1cc(NC2CCC(CN(C(N)=O)c3ccccc3C(C)(C)C)CC2)nc2ccccc12. The van der Waals surface area contributed by atoms with Crippen molar-refractivity contribution < 1.29 is 4.79 Å². The molecule has 1 fully saturated rings. The van der Waals surface area contributed by atoms with E-state index in [1.54, 1.807) is 4.90 Å². The molecular formula is C29H39N5O. The quantitative estimate of drug-likeness (QED) is 0.450. The molecule has 0 radical (unpaired) electrons. The van der Waals surface area contributed by atoms with Crippen LogP contribution in [0, 0.1) is 5.92 Å². The van der Waals surface area contributed by atoms with Gasteiger partial charge in [0.15, 0.2) is 0 Å². The van der Waals surface area contributed by atoms with E-state index >= 15 is 0 Å². The normalized spacial score (nSPS) is 18.3. The third-order valence-corrected chi connectivity index (χ3v) is 7.08. The van der Waals surface area contributed by atoms with Crippen LogP contribution in [0.25, 0.3) is 10.9 Å². The summed E-state index contributed by atoms with van der Waals surface area (Å²) < 4.78 is 0. The first-order valence-corrected chi connectivity index (χ1v) is 12.6. The molecule has 0 atom stereocenters. The number of rotatable bonds is 6. The lowest BCUT2D eigenvalue weighted by atomic mass is 9.84. The summed E-state index contributed by atoms with van der Waals surface area (Å²) in [7, 11) is 4.14. The molecule has 0 saturated heterocycles. The molecule has 0 bridgehead atoms. The fraction of sp³-hybridized carbons (Fsp3) is 0.448. The number of para-hydroxylation sites is 2. The summed E-state index contributed by atoms with van der Waals surface area (Å²) in [5, 5.41) is 4.84. The first-order chi connectivity index (χ1) is 16.6. The Morgan fingerprint density at radius 2 is 1.66 bits per heavy atom. The molecule has 1 aliphatic rings. The lowest BCUT2D eigenvalue weighted by Crippen LogP contribution is -2.42. The molecule has 6 heteroatoms. The largest absolute Gasteiger partial charge is 0.377 e. The zero-order valence-corrected chi connectivity index (χ0v) is 21.7. The minimum Gasteiger partial charge on any atom is -0.377 e. The number of benzene rings is 2. The number of carbonyl (C=O) groups is 1. The highest BCUT2D eigenvalue weighted by atomic mass is 16.2. The minimum atomic E-state index is -0.376. The number of hydrogen-bond acceptors (Lipinski definition) is 4. The summed E-state index contributed by atoms with van der Waals surface area (Å²) in [5.41, 5.74) is 10.1. The maximum atomic E-state index is 12.5. The van der Waals surface area contributed by atoms with Crippen LogP contribution in [0.3, 0.4) is 0 Å². The molecule has 186 valence electrons. The van der Waals surface area contributed by atoms with Crippen LogP contribution < -0.4 is 20.9 Å². The highest BCUT2D eigenvalue weighted by Gasteiger charge is 2.28. The molecule has 2 aromatic carbocycles. The van der Waals surface area contributed by atoms with Gasteiger partial charge in [-0.2, -0.15) is 0 Å². The van der Waals surface area contributed by atoms with E-state index in [0.29, 0.717) is 18.5 Å². The van der Waals surface area contributed by atoms with Crippen LogP contribution in [-0.4, -0.2) is 37.7 Å². The molecule has 6 nitrogen and oxygen atoms in total. The van der Waals surface area contributed by atoms with E-state index in [2.05, 4.69) is 75.4 Å². The number of nitrogens with one attached hydrogen (secondary N) is 1. The number of carbonyl (C=O) groups excluding carboxylic acids is 1. The Bertz CT molecular complexity index is 1180. The van der Waals surface area contributed by atoms with Gasteiger partial charge in [-0.15, -0.1) is 0 Å². The van der Waals surface area contributed by atoms with E-state index in [-0.39, 0.29) is 11.4 Å². The van der Waals surface area contributed by atoms with Gasteiger partial charge in [0.05, 0.1) is 5.52 Å². The van der Waals surface area contributed by atoms with Crippen molar-refractivity contribution >= 4 is 34.1 Å². The molecule has 35 heavy (non-hydrogen) atoms. The maximum Gasteiger partial charge on any atom is 0.319 e. The predicted octanol–water partition coefficient (Wildman–Crippen LogP) is 6.15. The molecular weight excluding hydrogens is 434 g/mol. The van der Waals surface area contributed by atoms with E-state index in [1.807, 2.05) is 24.3 Å². The number of aromatic nitrogens is 1. The van der Waals surface area contributed by atoms with Crippen LogP contribution in [0.15, 0.2) is 54.6 Å². The summed E-state index contributed by atoms with van der Waals surface area (Å²) in [4.78, 5) is 21.3. The van der Waals surface area contributed by atoms with Crippen molar-refractivity contribution in [2.24, 2.45) is 11.7 Å². The van der Waals surface area contributed by atoms with Crippen molar-refractivity contribution in [1.82, 2.24) is 4.98 Å². The molecule has 1 aliphatic carbocycles. The van der Waals surface area contributed by atoms with Crippen LogP contribution in [-0.2, 0) is 5.41 Å². The van der Waals surface area contributed by atoms with E-state index in [4.69, 9.17) is 10.7 Å². The number of fused-ring (bicyclic) bond motifs is 1. The van der Waals surface area contributed by atoms with E-state index in [1.165, 1.54) is 5.69 Å². The third kappa shape index (κ3) is 5.69. The number of nitrogens with zero attached hydrogens (tertiary/aromatic N) is 3. The van der Waals surface area contributed by atoms with Gasteiger partial charge in [-0.05, 0) is 54.7 Å². The van der Waals surface area contributed by atoms with Crippen LogP contribution in [0.2, 0.25) is 0 Å². The molecule has 0 aliphatic heterocycles. The van der Waals surface area contributed by atoms with Crippen molar-refractivity contribution in [3.8, 4) is 0 Å². The lowest BCUT2D eigenvalue weighted by molar-refractivity contribution is 0.250. The maximum absolute atomic E-state index is 12.5. The molecule has 3 aromatic rings. The number of pyridine rings is 1. The van der Waals surface area contributed by atoms with Crippen LogP contribution in [0.4, 0.5) is 22.0 Å². The van der Waals surface area contributed by atoms with Gasteiger partial charge in [0.2, 0.25) is 0 Å². The molecule has 1 heterocycles. The van der Waals surface area contributed by atoms with Crippen LogP contribution in [0.5, 0.6) is 0 Å². The zero-order valence-electron chi connectivity index (χ0n) is 21.7. The van der Waals surface area contributed by atoms with Crippen molar-refractivity contribution in [1.29, 1.82) is 0 Å². The fourth-order valence-corrected chi connectivity index (χ4v) is 5.21. The Labute approximate surface area is 209 Å². The van der Waals surface area contributed by atoms with Crippen molar-refractivity contribution in [2.75, 3.05) is 35.8 Å². The topological polar surface area (TPSA) is 74.5 Å². The number of urea groups is 1. The molecule has 2 amide bonds. The molecule has 0 spiro atoms.